The van der Waals surface area contributed by atoms with Crippen LogP contribution in [0.1, 0.15) is 24.1 Å². The Morgan fingerprint density at radius 3 is 2.82 bits per heavy atom. The van der Waals surface area contributed by atoms with Gasteiger partial charge in [-0.05, 0) is 25.5 Å². The minimum absolute atomic E-state index is 0.00547. The third-order valence-corrected chi connectivity index (χ3v) is 2.98. The molecule has 92 valence electrons. The highest BCUT2D eigenvalue weighted by molar-refractivity contribution is 5.85. The molecule has 0 saturated carbocycles. The molecule has 4 nitrogen and oxygen atoms in total. The molecule has 0 radical (unpaired) electrons. The molecule has 1 aliphatic rings. The third kappa shape index (κ3) is 2.42. The molecule has 2 atom stereocenters. The second-order valence-corrected chi connectivity index (χ2v) is 4.50. The second-order valence-electron chi connectivity index (χ2n) is 4.50. The minimum atomic E-state index is -0.318. The first-order chi connectivity index (χ1) is 8.11. The quantitative estimate of drug-likeness (QED) is 0.807. The average molecular weight is 234 g/mol. The van der Waals surface area contributed by atoms with Crippen LogP contribution in [0, 0.1) is 6.92 Å². The predicted octanol–water partition coefficient (Wildman–Crippen LogP) is 1.15. The molecule has 1 heterocycles. The van der Waals surface area contributed by atoms with Crippen LogP contribution in [0.4, 0.5) is 0 Å². The summed E-state index contributed by atoms with van der Waals surface area (Å²) in [6.07, 6.45) is 0. The highest BCUT2D eigenvalue weighted by Gasteiger charge is 2.28. The van der Waals surface area contributed by atoms with E-state index in [0.29, 0.717) is 0 Å². The molecule has 0 bridgehead atoms. The van der Waals surface area contributed by atoms with Gasteiger partial charge in [0.2, 0.25) is 5.91 Å². The molecule has 1 amide bonds. The van der Waals surface area contributed by atoms with Gasteiger partial charge in [0.25, 0.3) is 0 Å². The normalized spacial score (nSPS) is 24.3. The number of hydrogen-bond donors (Lipinski definition) is 2. The fourth-order valence-corrected chi connectivity index (χ4v) is 2.07. The van der Waals surface area contributed by atoms with Crippen molar-refractivity contribution in [3.05, 3.63) is 29.3 Å². The first-order valence-corrected chi connectivity index (χ1v) is 5.80. The monoisotopic (exact) mass is 234 g/mol. The molecule has 0 spiro atoms. The van der Waals surface area contributed by atoms with Crippen LogP contribution in [0.2, 0.25) is 0 Å². The lowest BCUT2D eigenvalue weighted by Crippen LogP contribution is -2.52. The minimum Gasteiger partial charge on any atom is -0.496 e. The van der Waals surface area contributed by atoms with E-state index in [1.165, 1.54) is 0 Å². The van der Waals surface area contributed by atoms with Crippen molar-refractivity contribution in [2.45, 2.75) is 25.9 Å². The molecule has 1 aromatic rings. The van der Waals surface area contributed by atoms with E-state index in [1.807, 2.05) is 32.0 Å². The first-order valence-electron chi connectivity index (χ1n) is 5.80. The molecular weight excluding hydrogens is 216 g/mol. The van der Waals surface area contributed by atoms with Gasteiger partial charge >= 0.3 is 0 Å². The number of nitrogens with one attached hydrogen (secondary N) is 2. The van der Waals surface area contributed by atoms with E-state index in [1.54, 1.807) is 7.11 Å². The summed E-state index contributed by atoms with van der Waals surface area (Å²) in [4.78, 5) is 11.9. The Bertz CT molecular complexity index is 431. The number of piperazine rings is 1. The van der Waals surface area contributed by atoms with Gasteiger partial charge in [-0.1, -0.05) is 12.1 Å². The molecular formula is C13H18N2O2. The number of benzene rings is 1. The zero-order chi connectivity index (χ0) is 12.4. The summed E-state index contributed by atoms with van der Waals surface area (Å²) in [5.41, 5.74) is 2.01. The van der Waals surface area contributed by atoms with E-state index in [-0.39, 0.29) is 18.0 Å². The van der Waals surface area contributed by atoms with Gasteiger partial charge in [-0.2, -0.15) is 0 Å². The van der Waals surface area contributed by atoms with Crippen LogP contribution in [0.15, 0.2) is 18.2 Å². The number of aryl methyl sites for hydroxylation is 1. The molecule has 0 aliphatic carbocycles. The van der Waals surface area contributed by atoms with Gasteiger partial charge in [0.05, 0.1) is 7.11 Å². The summed E-state index contributed by atoms with van der Waals surface area (Å²) in [6, 6.07) is 5.74. The standard InChI is InChI=1S/C13H18N2O2/c1-8-4-5-10(11(6-8)17-3)12-13(16)15-9(2)7-14-12/h4-6,9,12,14H,7H2,1-3H3,(H,15,16). The average Bonchev–Trinajstić information content (AvgIpc) is 2.30. The van der Waals surface area contributed by atoms with Gasteiger partial charge < -0.3 is 15.4 Å². The van der Waals surface area contributed by atoms with Crippen LogP contribution in [-0.4, -0.2) is 25.6 Å². The molecule has 1 fully saturated rings. The van der Waals surface area contributed by atoms with Gasteiger partial charge in [-0.3, -0.25) is 4.79 Å². The lowest BCUT2D eigenvalue weighted by atomic mass is 10.0. The van der Waals surface area contributed by atoms with Crippen molar-refractivity contribution in [1.29, 1.82) is 0 Å². The van der Waals surface area contributed by atoms with Gasteiger partial charge in [-0.25, -0.2) is 0 Å². The van der Waals surface area contributed by atoms with Crippen molar-refractivity contribution in [2.75, 3.05) is 13.7 Å². The Kier molecular flexibility index (Phi) is 3.33. The highest BCUT2D eigenvalue weighted by Crippen LogP contribution is 2.27. The molecule has 2 unspecified atom stereocenters. The Balaban J connectivity index is 2.30. The summed E-state index contributed by atoms with van der Waals surface area (Å²) < 4.78 is 5.33. The largest absolute Gasteiger partial charge is 0.496 e. The van der Waals surface area contributed by atoms with Crippen LogP contribution in [0.5, 0.6) is 5.75 Å². The number of rotatable bonds is 2. The molecule has 1 saturated heterocycles. The highest BCUT2D eigenvalue weighted by atomic mass is 16.5. The van der Waals surface area contributed by atoms with Gasteiger partial charge in [0, 0.05) is 18.2 Å². The van der Waals surface area contributed by atoms with Gasteiger partial charge in [-0.15, -0.1) is 0 Å². The third-order valence-electron chi connectivity index (χ3n) is 2.98. The molecule has 2 rings (SSSR count). The van der Waals surface area contributed by atoms with E-state index in [0.717, 1.165) is 23.4 Å². The van der Waals surface area contributed by atoms with E-state index in [2.05, 4.69) is 10.6 Å². The summed E-state index contributed by atoms with van der Waals surface area (Å²) in [6.45, 7) is 4.75. The maximum absolute atomic E-state index is 11.9. The Labute approximate surface area is 101 Å². The summed E-state index contributed by atoms with van der Waals surface area (Å²) in [5, 5.41) is 6.17. The zero-order valence-electron chi connectivity index (χ0n) is 10.4. The van der Waals surface area contributed by atoms with E-state index < -0.39 is 0 Å². The fourth-order valence-electron chi connectivity index (χ4n) is 2.07. The molecule has 4 heteroatoms. The maximum atomic E-state index is 11.9. The van der Waals surface area contributed by atoms with Crippen LogP contribution in [0.3, 0.4) is 0 Å². The van der Waals surface area contributed by atoms with Crippen molar-refractivity contribution >= 4 is 5.91 Å². The molecule has 1 aromatic carbocycles. The molecule has 1 aliphatic heterocycles. The zero-order valence-corrected chi connectivity index (χ0v) is 10.4. The van der Waals surface area contributed by atoms with Crippen molar-refractivity contribution < 1.29 is 9.53 Å². The van der Waals surface area contributed by atoms with E-state index in [4.69, 9.17) is 4.74 Å². The smallest absolute Gasteiger partial charge is 0.242 e. The SMILES string of the molecule is COc1cc(C)ccc1C1NCC(C)NC1=O. The predicted molar refractivity (Wildman–Crippen MR) is 66.1 cm³/mol. The maximum Gasteiger partial charge on any atom is 0.242 e. The van der Waals surface area contributed by atoms with E-state index in [9.17, 15) is 4.79 Å². The molecule has 0 aromatic heterocycles. The lowest BCUT2D eigenvalue weighted by molar-refractivity contribution is -0.125. The number of hydrogen-bond acceptors (Lipinski definition) is 3. The number of carbonyl (C=O) groups excluding carboxylic acids is 1. The Morgan fingerprint density at radius 1 is 1.41 bits per heavy atom. The number of methoxy groups -OCH3 is 1. The van der Waals surface area contributed by atoms with Gasteiger partial charge in [0.1, 0.15) is 11.8 Å². The van der Waals surface area contributed by atoms with Crippen molar-refractivity contribution in [3.8, 4) is 5.75 Å². The fraction of sp³-hybridized carbons (Fsp3) is 0.462. The second kappa shape index (κ2) is 4.75. The summed E-state index contributed by atoms with van der Waals surface area (Å²) >= 11 is 0. The number of ether oxygens (including phenoxy) is 1. The van der Waals surface area contributed by atoms with Crippen LogP contribution < -0.4 is 15.4 Å². The summed E-state index contributed by atoms with van der Waals surface area (Å²) in [5.74, 6) is 0.762. The topological polar surface area (TPSA) is 50.4 Å². The van der Waals surface area contributed by atoms with Crippen molar-refractivity contribution in [2.24, 2.45) is 0 Å². The van der Waals surface area contributed by atoms with Crippen LogP contribution in [0.25, 0.3) is 0 Å². The number of amides is 1. The van der Waals surface area contributed by atoms with Crippen LogP contribution >= 0.6 is 0 Å². The molecule has 17 heavy (non-hydrogen) atoms. The van der Waals surface area contributed by atoms with E-state index >= 15 is 0 Å². The molecule has 2 N–H and O–H groups in total. The summed E-state index contributed by atoms with van der Waals surface area (Å²) in [7, 11) is 1.63. The first kappa shape index (κ1) is 11.9. The lowest BCUT2D eigenvalue weighted by Gasteiger charge is -2.29. The van der Waals surface area contributed by atoms with Crippen molar-refractivity contribution in [3.63, 3.8) is 0 Å². The van der Waals surface area contributed by atoms with Crippen LogP contribution in [-0.2, 0) is 4.79 Å². The van der Waals surface area contributed by atoms with Crippen molar-refractivity contribution in [1.82, 2.24) is 10.6 Å². The Morgan fingerprint density at radius 2 is 2.18 bits per heavy atom. The number of carbonyl (C=O) groups is 1. The van der Waals surface area contributed by atoms with Gasteiger partial charge in [0.15, 0.2) is 0 Å². The Hall–Kier alpha value is -1.55.